The van der Waals surface area contributed by atoms with Gasteiger partial charge >= 0.3 is 0 Å². The van der Waals surface area contributed by atoms with Crippen molar-refractivity contribution in [3.05, 3.63) is 11.6 Å². The molecule has 1 N–H and O–H groups in total. The van der Waals surface area contributed by atoms with E-state index in [-0.39, 0.29) is 30.0 Å². The van der Waals surface area contributed by atoms with Crippen molar-refractivity contribution in [2.45, 2.75) is 21.4 Å². The maximum absolute atomic E-state index is 12.0. The summed E-state index contributed by atoms with van der Waals surface area (Å²) >= 11 is 34.5. The van der Waals surface area contributed by atoms with E-state index in [4.69, 9.17) is 69.6 Å². The van der Waals surface area contributed by atoms with Crippen LogP contribution < -0.4 is 5.32 Å². The SMILES string of the molecule is CCN(CC)C(=O)CNc1nc(C(Cl)(Cl)Cl)nc(C(Cl)(Cl)Cl)n1. The molecule has 0 aliphatic rings. The summed E-state index contributed by atoms with van der Waals surface area (Å²) in [7, 11) is 0. The fourth-order valence-corrected chi connectivity index (χ4v) is 2.06. The Morgan fingerprint density at radius 1 is 0.957 bits per heavy atom. The van der Waals surface area contributed by atoms with Gasteiger partial charge in [0.05, 0.1) is 6.54 Å². The zero-order valence-electron chi connectivity index (χ0n) is 12.1. The molecule has 0 aliphatic heterocycles. The van der Waals surface area contributed by atoms with E-state index < -0.39 is 7.59 Å². The summed E-state index contributed by atoms with van der Waals surface area (Å²) in [5.74, 6) is -0.641. The minimum absolute atomic E-state index is 0.0387. The van der Waals surface area contributed by atoms with E-state index in [1.165, 1.54) is 0 Å². The number of hydrogen-bond donors (Lipinski definition) is 1. The van der Waals surface area contributed by atoms with E-state index in [1.54, 1.807) is 4.90 Å². The van der Waals surface area contributed by atoms with Gasteiger partial charge in [-0.25, -0.2) is 4.98 Å². The van der Waals surface area contributed by atoms with Crippen LogP contribution in [0.15, 0.2) is 0 Å². The molecule has 6 nitrogen and oxygen atoms in total. The topological polar surface area (TPSA) is 71.0 Å². The monoisotopic (exact) mass is 441 g/mol. The first kappa shape index (κ1) is 21.1. The summed E-state index contributed by atoms with van der Waals surface area (Å²) in [6.45, 7) is 4.82. The van der Waals surface area contributed by atoms with Gasteiger partial charge in [-0.1, -0.05) is 69.6 Å². The lowest BCUT2D eigenvalue weighted by molar-refractivity contribution is -0.128. The highest BCUT2D eigenvalue weighted by molar-refractivity contribution is 6.67. The van der Waals surface area contributed by atoms with E-state index in [0.717, 1.165) is 0 Å². The standard InChI is InChI=1S/C11H13Cl6N5O/c1-3-22(4-2)6(23)5-18-9-20-7(10(12,13)14)19-8(21-9)11(15,16)17/h3-5H2,1-2H3,(H,18,19,20,21). The number of hydrogen-bond acceptors (Lipinski definition) is 5. The molecule has 1 heterocycles. The Labute approximate surface area is 163 Å². The van der Waals surface area contributed by atoms with Crippen LogP contribution in [0.1, 0.15) is 25.5 Å². The van der Waals surface area contributed by atoms with Gasteiger partial charge in [-0.2, -0.15) is 9.97 Å². The van der Waals surface area contributed by atoms with Crippen LogP contribution in [0.4, 0.5) is 5.95 Å². The summed E-state index contributed by atoms with van der Waals surface area (Å²) in [6.07, 6.45) is 0. The molecule has 1 rings (SSSR count). The van der Waals surface area contributed by atoms with Crippen molar-refractivity contribution >= 4 is 81.5 Å². The first-order valence-corrected chi connectivity index (χ1v) is 8.67. The van der Waals surface area contributed by atoms with Gasteiger partial charge in [-0.3, -0.25) is 4.79 Å². The average Bonchev–Trinajstić information content (AvgIpc) is 2.44. The molecule has 23 heavy (non-hydrogen) atoms. The first-order valence-electron chi connectivity index (χ1n) is 6.41. The highest BCUT2D eigenvalue weighted by Crippen LogP contribution is 2.40. The van der Waals surface area contributed by atoms with Gasteiger partial charge in [0, 0.05) is 13.1 Å². The van der Waals surface area contributed by atoms with Crippen molar-refractivity contribution in [2.75, 3.05) is 25.0 Å². The minimum atomic E-state index is -1.94. The van der Waals surface area contributed by atoms with Crippen LogP contribution in [-0.4, -0.2) is 45.4 Å². The molecule has 0 fully saturated rings. The Morgan fingerprint density at radius 2 is 1.39 bits per heavy atom. The number of anilines is 1. The second-order valence-corrected chi connectivity index (χ2v) is 8.78. The Bertz CT molecular complexity index is 523. The van der Waals surface area contributed by atoms with Crippen LogP contribution in [0.2, 0.25) is 0 Å². The summed E-state index contributed by atoms with van der Waals surface area (Å²) in [6, 6.07) is 0. The number of nitrogens with zero attached hydrogens (tertiary/aromatic N) is 4. The Hall–Kier alpha value is 0.0200. The minimum Gasteiger partial charge on any atom is -0.345 e. The van der Waals surface area contributed by atoms with Gasteiger partial charge in [-0.15, -0.1) is 0 Å². The van der Waals surface area contributed by atoms with Crippen molar-refractivity contribution < 1.29 is 4.79 Å². The third-order valence-electron chi connectivity index (χ3n) is 2.66. The first-order chi connectivity index (χ1) is 10.5. The maximum Gasteiger partial charge on any atom is 0.250 e. The molecule has 0 atom stereocenters. The number of aromatic nitrogens is 3. The summed E-state index contributed by atoms with van der Waals surface area (Å²) in [4.78, 5) is 25.3. The molecular formula is C11H13Cl6N5O. The predicted octanol–water partition coefficient (Wildman–Crippen LogP) is 3.81. The van der Waals surface area contributed by atoms with E-state index in [2.05, 4.69) is 20.3 Å². The van der Waals surface area contributed by atoms with Gasteiger partial charge in [-0.05, 0) is 13.8 Å². The summed E-state index contributed by atoms with van der Waals surface area (Å²) in [5.41, 5.74) is 0. The normalized spacial score (nSPS) is 12.2. The molecule has 1 aromatic heterocycles. The van der Waals surface area contributed by atoms with E-state index >= 15 is 0 Å². The van der Waals surface area contributed by atoms with Crippen molar-refractivity contribution in [1.82, 2.24) is 19.9 Å². The number of carbonyl (C=O) groups is 1. The van der Waals surface area contributed by atoms with Crippen LogP contribution in [-0.2, 0) is 12.4 Å². The van der Waals surface area contributed by atoms with Gasteiger partial charge in [0.25, 0.3) is 0 Å². The van der Waals surface area contributed by atoms with Gasteiger partial charge in [0.2, 0.25) is 19.4 Å². The maximum atomic E-state index is 12.0. The summed E-state index contributed by atoms with van der Waals surface area (Å²) in [5, 5.41) is 2.71. The lowest BCUT2D eigenvalue weighted by Gasteiger charge is -2.19. The van der Waals surface area contributed by atoms with Gasteiger partial charge in [0.15, 0.2) is 11.6 Å². The Morgan fingerprint density at radius 3 is 1.74 bits per heavy atom. The molecule has 0 spiro atoms. The Kier molecular flexibility index (Phi) is 7.70. The van der Waals surface area contributed by atoms with Crippen LogP contribution in [0.5, 0.6) is 0 Å². The van der Waals surface area contributed by atoms with Crippen LogP contribution in [0.25, 0.3) is 0 Å². The fraction of sp³-hybridized carbons (Fsp3) is 0.636. The third kappa shape index (κ3) is 6.44. The number of halogens is 6. The van der Waals surface area contributed by atoms with E-state index in [1.807, 2.05) is 13.8 Å². The lowest BCUT2D eigenvalue weighted by atomic mass is 10.4. The molecule has 0 bridgehead atoms. The molecule has 0 saturated carbocycles. The van der Waals surface area contributed by atoms with Crippen molar-refractivity contribution in [3.8, 4) is 0 Å². The van der Waals surface area contributed by atoms with Crippen molar-refractivity contribution in [2.24, 2.45) is 0 Å². The van der Waals surface area contributed by atoms with Crippen LogP contribution >= 0.6 is 69.6 Å². The molecule has 130 valence electrons. The molecule has 1 amide bonds. The highest BCUT2D eigenvalue weighted by atomic mass is 35.6. The Balaban J connectivity index is 3.04. The number of likely N-dealkylation sites (N-methyl/N-ethyl adjacent to an activating group) is 1. The number of amides is 1. The van der Waals surface area contributed by atoms with Crippen LogP contribution in [0, 0.1) is 0 Å². The van der Waals surface area contributed by atoms with Crippen molar-refractivity contribution in [1.29, 1.82) is 0 Å². The molecule has 0 aliphatic carbocycles. The zero-order valence-corrected chi connectivity index (χ0v) is 16.6. The second kappa shape index (κ2) is 8.41. The quantitative estimate of drug-likeness (QED) is 0.701. The fourth-order valence-electron chi connectivity index (χ4n) is 1.55. The largest absolute Gasteiger partial charge is 0.345 e. The predicted molar refractivity (Wildman–Crippen MR) is 94.7 cm³/mol. The second-order valence-electron chi connectivity index (χ2n) is 4.22. The van der Waals surface area contributed by atoms with Gasteiger partial charge < -0.3 is 10.2 Å². The van der Waals surface area contributed by atoms with E-state index in [9.17, 15) is 4.79 Å². The number of rotatable bonds is 5. The molecule has 0 saturated heterocycles. The summed E-state index contributed by atoms with van der Waals surface area (Å²) < 4.78 is -3.88. The molecular weight excluding hydrogens is 431 g/mol. The average molecular weight is 444 g/mol. The molecule has 12 heteroatoms. The smallest absolute Gasteiger partial charge is 0.250 e. The molecule has 0 radical (unpaired) electrons. The third-order valence-corrected chi connectivity index (χ3v) is 3.67. The number of carbonyl (C=O) groups excluding carboxylic acids is 1. The van der Waals surface area contributed by atoms with Crippen LogP contribution in [0.3, 0.4) is 0 Å². The van der Waals surface area contributed by atoms with Gasteiger partial charge in [0.1, 0.15) is 0 Å². The molecule has 1 aromatic rings. The highest BCUT2D eigenvalue weighted by Gasteiger charge is 2.33. The van der Waals surface area contributed by atoms with E-state index in [0.29, 0.717) is 13.1 Å². The number of nitrogens with one attached hydrogen (secondary N) is 1. The molecule has 0 aromatic carbocycles. The zero-order chi connectivity index (χ0) is 17.8. The van der Waals surface area contributed by atoms with Crippen molar-refractivity contribution in [3.63, 3.8) is 0 Å². The lowest BCUT2D eigenvalue weighted by Crippen LogP contribution is -2.35. The number of alkyl halides is 6. The molecule has 0 unspecified atom stereocenters.